The quantitative estimate of drug-likeness (QED) is 0.660. The van der Waals surface area contributed by atoms with Gasteiger partial charge >= 0.3 is 0 Å². The number of thiophene rings is 1. The van der Waals surface area contributed by atoms with Crippen LogP contribution in [-0.4, -0.2) is 0 Å². The van der Waals surface area contributed by atoms with Crippen molar-refractivity contribution in [3.05, 3.63) is 87.1 Å². The number of aryl methyl sites for hydroxylation is 2. The van der Waals surface area contributed by atoms with Crippen LogP contribution in [0, 0.1) is 13.8 Å². The first-order valence-electron chi connectivity index (χ1n) is 7.72. The summed E-state index contributed by atoms with van der Waals surface area (Å²) in [6.45, 7) is 4.74. The highest BCUT2D eigenvalue weighted by atomic mass is 35.5. The molecule has 2 N–H and O–H groups in total. The van der Waals surface area contributed by atoms with E-state index in [-0.39, 0.29) is 18.4 Å². The highest BCUT2D eigenvalue weighted by Crippen LogP contribution is 2.31. The van der Waals surface area contributed by atoms with E-state index < -0.39 is 0 Å². The number of hydrogen-bond acceptors (Lipinski definition) is 3. The van der Waals surface area contributed by atoms with Gasteiger partial charge in [-0.15, -0.1) is 23.7 Å². The molecule has 0 spiro atoms. The van der Waals surface area contributed by atoms with Crippen molar-refractivity contribution in [2.75, 3.05) is 0 Å². The fraction of sp³-hybridized carbons (Fsp3) is 0.200. The fourth-order valence-corrected chi connectivity index (χ4v) is 3.51. The number of nitrogens with two attached hydrogens (primary N) is 1. The lowest BCUT2D eigenvalue weighted by Gasteiger charge is -2.17. The molecule has 2 aromatic carbocycles. The number of halogens is 1. The molecule has 24 heavy (non-hydrogen) atoms. The second kappa shape index (κ2) is 8.34. The van der Waals surface area contributed by atoms with Crippen LogP contribution in [0.4, 0.5) is 0 Å². The lowest BCUT2D eigenvalue weighted by molar-refractivity contribution is 0.302. The van der Waals surface area contributed by atoms with Gasteiger partial charge in [-0.25, -0.2) is 0 Å². The lowest BCUT2D eigenvalue weighted by Crippen LogP contribution is -2.11. The summed E-state index contributed by atoms with van der Waals surface area (Å²) < 4.78 is 6.04. The molecule has 0 saturated heterocycles. The van der Waals surface area contributed by atoms with E-state index in [1.807, 2.05) is 24.3 Å². The molecule has 3 aromatic rings. The monoisotopic (exact) mass is 359 g/mol. The third-order valence-electron chi connectivity index (χ3n) is 3.92. The van der Waals surface area contributed by atoms with Gasteiger partial charge in [-0.2, -0.15) is 0 Å². The minimum atomic E-state index is -0.0735. The van der Waals surface area contributed by atoms with E-state index in [0.717, 1.165) is 22.4 Å². The van der Waals surface area contributed by atoms with Gasteiger partial charge in [-0.1, -0.05) is 48.5 Å². The van der Waals surface area contributed by atoms with Crippen molar-refractivity contribution in [2.45, 2.75) is 26.5 Å². The molecule has 0 fully saturated rings. The van der Waals surface area contributed by atoms with Crippen molar-refractivity contribution >= 4 is 23.7 Å². The Labute approximate surface area is 153 Å². The largest absolute Gasteiger partial charge is 0.488 e. The van der Waals surface area contributed by atoms with Crippen LogP contribution >= 0.6 is 23.7 Å². The van der Waals surface area contributed by atoms with Crippen LogP contribution in [0.15, 0.2) is 60.0 Å². The molecule has 0 aliphatic rings. The molecular weight excluding hydrogens is 338 g/mol. The standard InChI is InChI=1S/C20H21NOS.ClH/c1-14-11-17(19(21)18-9-6-10-23-18)12-15(2)20(14)22-13-16-7-4-3-5-8-16;/h3-12,19H,13,21H2,1-2H3;1H/t19-;/m1./s1. The molecule has 0 saturated carbocycles. The Balaban J connectivity index is 0.00000208. The molecule has 0 unspecified atom stereocenters. The summed E-state index contributed by atoms with van der Waals surface area (Å²) in [4.78, 5) is 1.18. The Bertz CT molecular complexity index is 749. The number of rotatable bonds is 5. The van der Waals surface area contributed by atoms with Gasteiger partial charge in [0.1, 0.15) is 12.4 Å². The van der Waals surface area contributed by atoms with E-state index in [0.29, 0.717) is 6.61 Å². The molecule has 2 nitrogen and oxygen atoms in total. The summed E-state index contributed by atoms with van der Waals surface area (Å²) in [5, 5.41) is 2.06. The van der Waals surface area contributed by atoms with E-state index >= 15 is 0 Å². The predicted octanol–water partition coefficient (Wildman–Crippen LogP) is 5.41. The van der Waals surface area contributed by atoms with Gasteiger partial charge in [-0.05, 0) is 47.5 Å². The molecule has 1 aromatic heterocycles. The van der Waals surface area contributed by atoms with Crippen molar-refractivity contribution in [1.82, 2.24) is 0 Å². The van der Waals surface area contributed by atoms with Crippen LogP contribution in [0.25, 0.3) is 0 Å². The minimum absolute atomic E-state index is 0. The van der Waals surface area contributed by atoms with Gasteiger partial charge in [0, 0.05) is 4.88 Å². The summed E-state index contributed by atoms with van der Waals surface area (Å²) in [7, 11) is 0. The van der Waals surface area contributed by atoms with E-state index in [1.54, 1.807) is 11.3 Å². The Hall–Kier alpha value is -1.81. The first-order valence-corrected chi connectivity index (χ1v) is 8.60. The Morgan fingerprint density at radius 2 is 1.67 bits per heavy atom. The molecule has 0 aliphatic heterocycles. The first-order chi connectivity index (χ1) is 11.1. The van der Waals surface area contributed by atoms with Gasteiger partial charge in [-0.3, -0.25) is 0 Å². The van der Waals surface area contributed by atoms with E-state index in [9.17, 15) is 0 Å². The highest BCUT2D eigenvalue weighted by Gasteiger charge is 2.14. The van der Waals surface area contributed by atoms with Crippen LogP contribution in [-0.2, 0) is 6.61 Å². The average molecular weight is 360 g/mol. The third kappa shape index (κ3) is 4.18. The topological polar surface area (TPSA) is 35.2 Å². The zero-order chi connectivity index (χ0) is 16.2. The Morgan fingerprint density at radius 1 is 1.00 bits per heavy atom. The minimum Gasteiger partial charge on any atom is -0.488 e. The summed E-state index contributed by atoms with van der Waals surface area (Å²) in [6, 6.07) is 18.5. The average Bonchev–Trinajstić information content (AvgIpc) is 3.08. The molecule has 0 aliphatic carbocycles. The molecule has 1 heterocycles. The SMILES string of the molecule is Cc1cc([C@@H](N)c2cccs2)cc(C)c1OCc1ccccc1.Cl. The van der Waals surface area contributed by atoms with E-state index in [1.165, 1.54) is 10.4 Å². The van der Waals surface area contributed by atoms with Gasteiger partial charge in [0.25, 0.3) is 0 Å². The van der Waals surface area contributed by atoms with Gasteiger partial charge in [0.2, 0.25) is 0 Å². The lowest BCUT2D eigenvalue weighted by atomic mass is 10.00. The molecular formula is C20H22ClNOS. The molecule has 1 atom stereocenters. The first kappa shape index (κ1) is 18.5. The summed E-state index contributed by atoms with van der Waals surface area (Å²) >= 11 is 1.69. The second-order valence-corrected chi connectivity index (χ2v) is 6.73. The van der Waals surface area contributed by atoms with Crippen molar-refractivity contribution in [1.29, 1.82) is 0 Å². The number of benzene rings is 2. The molecule has 0 radical (unpaired) electrons. The molecule has 4 heteroatoms. The smallest absolute Gasteiger partial charge is 0.125 e. The van der Waals surface area contributed by atoms with Gasteiger partial charge in [0.05, 0.1) is 6.04 Å². The van der Waals surface area contributed by atoms with E-state index in [2.05, 4.69) is 49.6 Å². The van der Waals surface area contributed by atoms with Crippen LogP contribution in [0.1, 0.15) is 33.2 Å². The van der Waals surface area contributed by atoms with Crippen LogP contribution < -0.4 is 10.5 Å². The molecule has 0 amide bonds. The maximum Gasteiger partial charge on any atom is 0.125 e. The van der Waals surface area contributed by atoms with Crippen molar-refractivity contribution in [2.24, 2.45) is 5.73 Å². The van der Waals surface area contributed by atoms with Crippen molar-refractivity contribution < 1.29 is 4.74 Å². The Kier molecular flexibility index (Phi) is 6.44. The third-order valence-corrected chi connectivity index (χ3v) is 4.87. The van der Waals surface area contributed by atoms with Crippen LogP contribution in [0.3, 0.4) is 0 Å². The molecule has 126 valence electrons. The second-order valence-electron chi connectivity index (χ2n) is 5.75. The van der Waals surface area contributed by atoms with E-state index in [4.69, 9.17) is 10.5 Å². The summed E-state index contributed by atoms with van der Waals surface area (Å²) in [6.07, 6.45) is 0. The summed E-state index contributed by atoms with van der Waals surface area (Å²) in [5.41, 5.74) is 10.9. The van der Waals surface area contributed by atoms with Crippen molar-refractivity contribution in [3.8, 4) is 5.75 Å². The van der Waals surface area contributed by atoms with Crippen LogP contribution in [0.2, 0.25) is 0 Å². The van der Waals surface area contributed by atoms with Crippen molar-refractivity contribution in [3.63, 3.8) is 0 Å². The maximum atomic E-state index is 6.38. The molecule has 3 rings (SSSR count). The zero-order valence-corrected chi connectivity index (χ0v) is 15.5. The Morgan fingerprint density at radius 3 is 2.25 bits per heavy atom. The van der Waals surface area contributed by atoms with Crippen LogP contribution in [0.5, 0.6) is 5.75 Å². The predicted molar refractivity (Wildman–Crippen MR) is 104 cm³/mol. The summed E-state index contributed by atoms with van der Waals surface area (Å²) in [5.74, 6) is 0.955. The normalized spacial score (nSPS) is 11.6. The highest BCUT2D eigenvalue weighted by molar-refractivity contribution is 7.10. The number of hydrogen-bond donors (Lipinski definition) is 1. The maximum absolute atomic E-state index is 6.38. The molecule has 0 bridgehead atoms. The van der Waals surface area contributed by atoms with Gasteiger partial charge < -0.3 is 10.5 Å². The zero-order valence-electron chi connectivity index (χ0n) is 13.9. The van der Waals surface area contributed by atoms with Gasteiger partial charge in [0.15, 0.2) is 0 Å². The number of ether oxygens (including phenoxy) is 1. The fourth-order valence-electron chi connectivity index (χ4n) is 2.75.